The van der Waals surface area contributed by atoms with Gasteiger partial charge in [0, 0.05) is 17.8 Å². The van der Waals surface area contributed by atoms with E-state index in [1.807, 2.05) is 45.0 Å². The second-order valence-electron chi connectivity index (χ2n) is 6.93. The maximum absolute atomic E-state index is 12.6. The molecular weight excluding hydrogens is 342 g/mol. The number of carbonyl (C=O) groups excluding carboxylic acids is 3. The molecule has 0 saturated carbocycles. The normalized spacial score (nSPS) is 15.5. The molecule has 2 aromatic carbocycles. The predicted molar refractivity (Wildman–Crippen MR) is 105 cm³/mol. The molecule has 6 nitrogen and oxygen atoms in total. The molecule has 0 fully saturated rings. The SMILES string of the molecule is Cc1cc(C)c(NC(=O)CNC(=O)C2CC(=O)Nc3ccccc32)c(C)c1. The molecule has 1 unspecified atom stereocenters. The summed E-state index contributed by atoms with van der Waals surface area (Å²) in [6.07, 6.45) is 0.0701. The quantitative estimate of drug-likeness (QED) is 0.779. The maximum Gasteiger partial charge on any atom is 0.243 e. The van der Waals surface area contributed by atoms with Gasteiger partial charge in [-0.05, 0) is 43.5 Å². The number of rotatable bonds is 4. The lowest BCUT2D eigenvalue weighted by Gasteiger charge is -2.24. The number of amides is 3. The van der Waals surface area contributed by atoms with Crippen LogP contribution in [-0.4, -0.2) is 24.3 Å². The second kappa shape index (κ2) is 7.61. The summed E-state index contributed by atoms with van der Waals surface area (Å²) in [5.74, 6) is -1.42. The van der Waals surface area contributed by atoms with Crippen LogP contribution in [0.5, 0.6) is 0 Å². The number of benzene rings is 2. The molecule has 140 valence electrons. The Morgan fingerprint density at radius 3 is 2.48 bits per heavy atom. The Labute approximate surface area is 158 Å². The van der Waals surface area contributed by atoms with E-state index in [0.717, 1.165) is 27.9 Å². The van der Waals surface area contributed by atoms with E-state index in [1.165, 1.54) is 0 Å². The van der Waals surface area contributed by atoms with E-state index in [9.17, 15) is 14.4 Å². The highest BCUT2D eigenvalue weighted by molar-refractivity contribution is 6.02. The van der Waals surface area contributed by atoms with Gasteiger partial charge in [0.05, 0.1) is 12.5 Å². The van der Waals surface area contributed by atoms with E-state index in [4.69, 9.17) is 0 Å². The molecular formula is C21H23N3O3. The molecule has 1 aliphatic heterocycles. The van der Waals surface area contributed by atoms with Crippen molar-refractivity contribution in [3.8, 4) is 0 Å². The summed E-state index contributed by atoms with van der Waals surface area (Å²) in [5.41, 5.74) is 5.26. The Hall–Kier alpha value is -3.15. The monoisotopic (exact) mass is 365 g/mol. The summed E-state index contributed by atoms with van der Waals surface area (Å²) in [6.45, 7) is 5.73. The first kappa shape index (κ1) is 18.6. The first-order valence-electron chi connectivity index (χ1n) is 8.89. The van der Waals surface area contributed by atoms with Crippen molar-refractivity contribution in [2.24, 2.45) is 0 Å². The number of aryl methyl sites for hydroxylation is 3. The number of para-hydroxylation sites is 1. The van der Waals surface area contributed by atoms with Crippen LogP contribution in [0.4, 0.5) is 11.4 Å². The van der Waals surface area contributed by atoms with Gasteiger partial charge in [0.25, 0.3) is 0 Å². The summed E-state index contributed by atoms with van der Waals surface area (Å²) in [6, 6.07) is 11.2. The van der Waals surface area contributed by atoms with E-state index in [-0.39, 0.29) is 30.7 Å². The minimum Gasteiger partial charge on any atom is -0.346 e. The van der Waals surface area contributed by atoms with Crippen LogP contribution in [0.2, 0.25) is 0 Å². The smallest absolute Gasteiger partial charge is 0.243 e. The lowest BCUT2D eigenvalue weighted by molar-refractivity contribution is -0.127. The third-order valence-electron chi connectivity index (χ3n) is 4.68. The van der Waals surface area contributed by atoms with Crippen LogP contribution in [0.25, 0.3) is 0 Å². The predicted octanol–water partition coefficient (Wildman–Crippen LogP) is 2.79. The molecule has 1 heterocycles. The highest BCUT2D eigenvalue weighted by atomic mass is 16.2. The topological polar surface area (TPSA) is 87.3 Å². The van der Waals surface area contributed by atoms with Gasteiger partial charge in [-0.3, -0.25) is 14.4 Å². The molecule has 1 atom stereocenters. The van der Waals surface area contributed by atoms with Crippen molar-refractivity contribution in [1.29, 1.82) is 0 Å². The zero-order chi connectivity index (χ0) is 19.6. The summed E-state index contributed by atoms with van der Waals surface area (Å²) >= 11 is 0. The van der Waals surface area contributed by atoms with E-state index >= 15 is 0 Å². The first-order valence-corrected chi connectivity index (χ1v) is 8.89. The van der Waals surface area contributed by atoms with Gasteiger partial charge in [0.1, 0.15) is 0 Å². The Kier molecular flexibility index (Phi) is 5.26. The molecule has 27 heavy (non-hydrogen) atoms. The zero-order valence-corrected chi connectivity index (χ0v) is 15.7. The number of carbonyl (C=O) groups is 3. The van der Waals surface area contributed by atoms with Gasteiger partial charge >= 0.3 is 0 Å². The molecule has 0 aliphatic carbocycles. The van der Waals surface area contributed by atoms with Crippen LogP contribution < -0.4 is 16.0 Å². The van der Waals surface area contributed by atoms with Gasteiger partial charge in [-0.1, -0.05) is 35.9 Å². The number of fused-ring (bicyclic) bond motifs is 1. The van der Waals surface area contributed by atoms with Gasteiger partial charge in [-0.25, -0.2) is 0 Å². The Balaban J connectivity index is 1.65. The van der Waals surface area contributed by atoms with Crippen molar-refractivity contribution in [1.82, 2.24) is 5.32 Å². The summed E-state index contributed by atoms with van der Waals surface area (Å²) in [4.78, 5) is 36.7. The van der Waals surface area contributed by atoms with Crippen LogP contribution in [-0.2, 0) is 14.4 Å². The average molecular weight is 365 g/mol. The highest BCUT2D eigenvalue weighted by Gasteiger charge is 2.30. The fourth-order valence-corrected chi connectivity index (χ4v) is 3.50. The third-order valence-corrected chi connectivity index (χ3v) is 4.68. The van der Waals surface area contributed by atoms with Crippen molar-refractivity contribution in [2.45, 2.75) is 33.1 Å². The summed E-state index contributed by atoms with van der Waals surface area (Å²) < 4.78 is 0. The third kappa shape index (κ3) is 4.16. The largest absolute Gasteiger partial charge is 0.346 e. The summed E-state index contributed by atoms with van der Waals surface area (Å²) in [7, 11) is 0. The molecule has 6 heteroatoms. The van der Waals surface area contributed by atoms with Crippen LogP contribution in [0.15, 0.2) is 36.4 Å². The molecule has 0 radical (unpaired) electrons. The van der Waals surface area contributed by atoms with E-state index in [1.54, 1.807) is 12.1 Å². The molecule has 2 aromatic rings. The van der Waals surface area contributed by atoms with Gasteiger partial charge in [-0.2, -0.15) is 0 Å². The van der Waals surface area contributed by atoms with Crippen LogP contribution >= 0.6 is 0 Å². The molecule has 3 N–H and O–H groups in total. The molecule has 0 saturated heterocycles. The second-order valence-corrected chi connectivity index (χ2v) is 6.93. The van der Waals surface area contributed by atoms with Crippen LogP contribution in [0, 0.1) is 20.8 Å². The van der Waals surface area contributed by atoms with Gasteiger partial charge < -0.3 is 16.0 Å². The highest BCUT2D eigenvalue weighted by Crippen LogP contribution is 2.31. The number of nitrogens with one attached hydrogen (secondary N) is 3. The van der Waals surface area contributed by atoms with E-state index in [2.05, 4.69) is 16.0 Å². The average Bonchev–Trinajstić information content (AvgIpc) is 2.62. The lowest BCUT2D eigenvalue weighted by Crippen LogP contribution is -2.39. The number of anilines is 2. The maximum atomic E-state index is 12.6. The lowest BCUT2D eigenvalue weighted by atomic mass is 9.90. The van der Waals surface area contributed by atoms with Gasteiger partial charge in [0.15, 0.2) is 0 Å². The first-order chi connectivity index (χ1) is 12.8. The van der Waals surface area contributed by atoms with Gasteiger partial charge in [0.2, 0.25) is 17.7 Å². The molecule has 0 aromatic heterocycles. The fourth-order valence-electron chi connectivity index (χ4n) is 3.50. The molecule has 3 rings (SSSR count). The molecule has 3 amide bonds. The minimum absolute atomic E-state index is 0.0701. The van der Waals surface area contributed by atoms with E-state index < -0.39 is 5.92 Å². The van der Waals surface area contributed by atoms with Crippen molar-refractivity contribution in [3.63, 3.8) is 0 Å². The van der Waals surface area contributed by atoms with Crippen molar-refractivity contribution in [2.75, 3.05) is 17.2 Å². The summed E-state index contributed by atoms with van der Waals surface area (Å²) in [5, 5.41) is 8.27. The van der Waals surface area contributed by atoms with Crippen molar-refractivity contribution in [3.05, 3.63) is 58.7 Å². The molecule has 0 spiro atoms. The fraction of sp³-hybridized carbons (Fsp3) is 0.286. The molecule has 0 bridgehead atoms. The Morgan fingerprint density at radius 1 is 1.11 bits per heavy atom. The minimum atomic E-state index is -0.592. The number of hydrogen-bond acceptors (Lipinski definition) is 3. The van der Waals surface area contributed by atoms with Crippen LogP contribution in [0.3, 0.4) is 0 Å². The van der Waals surface area contributed by atoms with E-state index in [0.29, 0.717) is 5.69 Å². The zero-order valence-electron chi connectivity index (χ0n) is 15.7. The van der Waals surface area contributed by atoms with Crippen molar-refractivity contribution >= 4 is 29.1 Å². The van der Waals surface area contributed by atoms with Crippen molar-refractivity contribution < 1.29 is 14.4 Å². The van der Waals surface area contributed by atoms with Gasteiger partial charge in [-0.15, -0.1) is 0 Å². The van der Waals surface area contributed by atoms with Crippen LogP contribution in [0.1, 0.15) is 34.6 Å². The Bertz CT molecular complexity index is 898. The number of hydrogen-bond donors (Lipinski definition) is 3. The Morgan fingerprint density at radius 2 is 1.78 bits per heavy atom. The molecule has 1 aliphatic rings. The standard InChI is InChI=1S/C21H23N3O3/c1-12-8-13(2)20(14(3)9-12)24-19(26)11-22-21(27)16-10-18(25)23-17-7-5-4-6-15(16)17/h4-9,16H,10-11H2,1-3H3,(H,22,27)(H,23,25)(H,24,26).